The van der Waals surface area contributed by atoms with Crippen LogP contribution in [0, 0.1) is 0 Å². The summed E-state index contributed by atoms with van der Waals surface area (Å²) in [4.78, 5) is 14.2. The number of likely N-dealkylation sites (N-methyl/N-ethyl adjacent to an activating group) is 1. The summed E-state index contributed by atoms with van der Waals surface area (Å²) in [6.45, 7) is 6.58. The molecule has 5 heteroatoms. The molecule has 1 rings (SSSR count). The molecule has 5 nitrogen and oxygen atoms in total. The molecule has 1 fully saturated rings. The van der Waals surface area contributed by atoms with Crippen molar-refractivity contribution in [3.63, 3.8) is 0 Å². The van der Waals surface area contributed by atoms with E-state index in [1.54, 1.807) is 0 Å². The molecule has 1 atom stereocenters. The van der Waals surface area contributed by atoms with Crippen LogP contribution in [-0.2, 0) is 4.79 Å². The van der Waals surface area contributed by atoms with Crippen LogP contribution in [0.4, 0.5) is 0 Å². The zero-order chi connectivity index (χ0) is 13.2. The van der Waals surface area contributed by atoms with E-state index in [1.165, 1.54) is 0 Å². The van der Waals surface area contributed by atoms with Crippen molar-refractivity contribution in [2.75, 3.05) is 39.3 Å². The van der Waals surface area contributed by atoms with E-state index < -0.39 is 0 Å². The van der Waals surface area contributed by atoms with E-state index in [1.807, 2.05) is 6.92 Å². The summed E-state index contributed by atoms with van der Waals surface area (Å²) in [5.41, 5.74) is 0. The second-order valence-corrected chi connectivity index (χ2v) is 4.79. The number of rotatable bonds is 8. The van der Waals surface area contributed by atoms with Crippen molar-refractivity contribution < 1.29 is 9.90 Å². The number of nitrogens with zero attached hydrogens (tertiary/aromatic N) is 1. The van der Waals surface area contributed by atoms with Crippen molar-refractivity contribution in [2.45, 2.75) is 38.6 Å². The number of nitrogens with one attached hydrogen (secondary N) is 2. The van der Waals surface area contributed by atoms with Gasteiger partial charge in [-0.15, -0.1) is 0 Å². The molecule has 0 bridgehead atoms. The second-order valence-electron chi connectivity index (χ2n) is 4.79. The van der Waals surface area contributed by atoms with Crippen LogP contribution in [0.25, 0.3) is 0 Å². The minimum Gasteiger partial charge on any atom is -0.396 e. The van der Waals surface area contributed by atoms with E-state index in [0.717, 1.165) is 51.9 Å². The molecule has 0 aliphatic carbocycles. The SMILES string of the molecule is CCNC(=O)C1CNCCN1CCCCCCO. The van der Waals surface area contributed by atoms with Crippen molar-refractivity contribution in [1.82, 2.24) is 15.5 Å². The Hall–Kier alpha value is -0.650. The summed E-state index contributed by atoms with van der Waals surface area (Å²) in [6.07, 6.45) is 4.21. The third-order valence-corrected chi connectivity index (χ3v) is 3.36. The van der Waals surface area contributed by atoms with Gasteiger partial charge in [0.25, 0.3) is 0 Å². The topological polar surface area (TPSA) is 64.6 Å². The molecule has 1 amide bonds. The quantitative estimate of drug-likeness (QED) is 0.533. The highest BCUT2D eigenvalue weighted by molar-refractivity contribution is 5.82. The minimum atomic E-state index is -0.0171. The lowest BCUT2D eigenvalue weighted by Gasteiger charge is -2.35. The molecule has 1 aliphatic rings. The first-order valence-electron chi connectivity index (χ1n) is 7.13. The summed E-state index contributed by atoms with van der Waals surface area (Å²) in [5, 5.41) is 14.9. The fraction of sp³-hybridized carbons (Fsp3) is 0.923. The molecule has 0 aromatic rings. The number of aliphatic hydroxyl groups is 1. The second kappa shape index (κ2) is 9.30. The van der Waals surface area contributed by atoms with E-state index in [0.29, 0.717) is 6.54 Å². The molecule has 0 saturated carbocycles. The molecule has 106 valence electrons. The van der Waals surface area contributed by atoms with E-state index in [4.69, 9.17) is 5.11 Å². The summed E-state index contributed by atoms with van der Waals surface area (Å²) in [5.74, 6) is 0.139. The van der Waals surface area contributed by atoms with Crippen molar-refractivity contribution in [2.24, 2.45) is 0 Å². The van der Waals surface area contributed by atoms with Gasteiger partial charge in [0.2, 0.25) is 5.91 Å². The minimum absolute atomic E-state index is 0.0171. The number of piperazine rings is 1. The zero-order valence-corrected chi connectivity index (χ0v) is 11.5. The monoisotopic (exact) mass is 257 g/mol. The smallest absolute Gasteiger partial charge is 0.238 e. The van der Waals surface area contributed by atoms with Crippen LogP contribution in [0.5, 0.6) is 0 Å². The third-order valence-electron chi connectivity index (χ3n) is 3.36. The number of unbranched alkanes of at least 4 members (excludes halogenated alkanes) is 3. The molecule has 3 N–H and O–H groups in total. The molecular formula is C13H27N3O2. The van der Waals surface area contributed by atoms with Gasteiger partial charge in [-0.3, -0.25) is 9.69 Å². The fourth-order valence-electron chi connectivity index (χ4n) is 2.34. The third kappa shape index (κ3) is 5.33. The van der Waals surface area contributed by atoms with E-state index in [2.05, 4.69) is 15.5 Å². The van der Waals surface area contributed by atoms with Crippen LogP contribution in [-0.4, -0.2) is 61.3 Å². The maximum absolute atomic E-state index is 11.9. The highest BCUT2D eigenvalue weighted by Crippen LogP contribution is 2.07. The number of hydrogen-bond donors (Lipinski definition) is 3. The van der Waals surface area contributed by atoms with Crippen molar-refractivity contribution in [3.05, 3.63) is 0 Å². The van der Waals surface area contributed by atoms with Gasteiger partial charge in [0.05, 0.1) is 0 Å². The summed E-state index contributed by atoms with van der Waals surface area (Å²) in [6, 6.07) is -0.0171. The zero-order valence-electron chi connectivity index (χ0n) is 11.5. The normalized spacial score (nSPS) is 20.9. The summed E-state index contributed by atoms with van der Waals surface area (Å²) >= 11 is 0. The van der Waals surface area contributed by atoms with Crippen LogP contribution in [0.1, 0.15) is 32.6 Å². The molecule has 18 heavy (non-hydrogen) atoms. The summed E-state index contributed by atoms with van der Waals surface area (Å²) < 4.78 is 0. The number of aliphatic hydroxyl groups excluding tert-OH is 1. The highest BCUT2D eigenvalue weighted by atomic mass is 16.2. The molecule has 1 aliphatic heterocycles. The van der Waals surface area contributed by atoms with Gasteiger partial charge < -0.3 is 15.7 Å². The van der Waals surface area contributed by atoms with Gasteiger partial charge in [0.1, 0.15) is 6.04 Å². The maximum atomic E-state index is 11.9. The van der Waals surface area contributed by atoms with Crippen LogP contribution < -0.4 is 10.6 Å². The van der Waals surface area contributed by atoms with Crippen molar-refractivity contribution in [1.29, 1.82) is 0 Å². The molecule has 1 heterocycles. The van der Waals surface area contributed by atoms with Crippen molar-refractivity contribution in [3.8, 4) is 0 Å². The lowest BCUT2D eigenvalue weighted by molar-refractivity contribution is -0.127. The Bertz CT molecular complexity index is 236. The van der Waals surface area contributed by atoms with Gasteiger partial charge in [-0.1, -0.05) is 12.8 Å². The lowest BCUT2D eigenvalue weighted by Crippen LogP contribution is -2.57. The molecule has 1 unspecified atom stereocenters. The van der Waals surface area contributed by atoms with Gasteiger partial charge in [0.15, 0.2) is 0 Å². The average molecular weight is 257 g/mol. The largest absolute Gasteiger partial charge is 0.396 e. The van der Waals surface area contributed by atoms with Crippen molar-refractivity contribution >= 4 is 5.91 Å². The fourth-order valence-corrected chi connectivity index (χ4v) is 2.34. The Balaban J connectivity index is 2.28. The van der Waals surface area contributed by atoms with Crippen LogP contribution in [0.3, 0.4) is 0 Å². The standard InChI is InChI=1S/C13H27N3O2/c1-2-15-13(18)12-11-14-7-9-16(12)8-5-3-4-6-10-17/h12,14,17H,2-11H2,1H3,(H,15,18). The molecule has 0 spiro atoms. The first kappa shape index (κ1) is 15.4. The van der Waals surface area contributed by atoms with Gasteiger partial charge in [-0.05, 0) is 26.3 Å². The average Bonchev–Trinajstić information content (AvgIpc) is 2.39. The molecule has 0 aromatic carbocycles. The Morgan fingerprint density at radius 1 is 1.39 bits per heavy atom. The van der Waals surface area contributed by atoms with Crippen LogP contribution >= 0.6 is 0 Å². The Morgan fingerprint density at radius 2 is 2.17 bits per heavy atom. The molecule has 1 saturated heterocycles. The van der Waals surface area contributed by atoms with Gasteiger partial charge >= 0.3 is 0 Å². The molecule has 0 aromatic heterocycles. The Morgan fingerprint density at radius 3 is 2.89 bits per heavy atom. The van der Waals surface area contributed by atoms with Crippen LogP contribution in [0.15, 0.2) is 0 Å². The van der Waals surface area contributed by atoms with Gasteiger partial charge in [-0.25, -0.2) is 0 Å². The van der Waals surface area contributed by atoms with E-state index >= 15 is 0 Å². The molecule has 0 radical (unpaired) electrons. The van der Waals surface area contributed by atoms with E-state index in [9.17, 15) is 4.79 Å². The van der Waals surface area contributed by atoms with Gasteiger partial charge in [-0.2, -0.15) is 0 Å². The Kier molecular flexibility index (Phi) is 7.96. The number of hydrogen-bond acceptors (Lipinski definition) is 4. The Labute approximate surface area is 110 Å². The molecular weight excluding hydrogens is 230 g/mol. The maximum Gasteiger partial charge on any atom is 0.238 e. The lowest BCUT2D eigenvalue weighted by atomic mass is 10.1. The highest BCUT2D eigenvalue weighted by Gasteiger charge is 2.27. The number of amides is 1. The summed E-state index contributed by atoms with van der Waals surface area (Å²) in [7, 11) is 0. The number of carbonyl (C=O) groups excluding carboxylic acids is 1. The first-order valence-corrected chi connectivity index (χ1v) is 7.13. The van der Waals surface area contributed by atoms with Gasteiger partial charge in [0, 0.05) is 32.8 Å². The predicted molar refractivity (Wildman–Crippen MR) is 72.5 cm³/mol. The van der Waals surface area contributed by atoms with E-state index in [-0.39, 0.29) is 18.6 Å². The first-order chi connectivity index (χ1) is 8.79. The number of carbonyl (C=O) groups is 1. The predicted octanol–water partition coefficient (Wildman–Crippen LogP) is -0.0510. The van der Waals surface area contributed by atoms with Crippen LogP contribution in [0.2, 0.25) is 0 Å².